The second-order valence-corrected chi connectivity index (χ2v) is 9.06. The van der Waals surface area contributed by atoms with E-state index in [0.717, 1.165) is 56.0 Å². The zero-order valence-corrected chi connectivity index (χ0v) is 21.3. The van der Waals surface area contributed by atoms with Crippen LogP contribution in [0.1, 0.15) is 31.7 Å². The number of methoxy groups -OCH3 is 1. The lowest BCUT2D eigenvalue weighted by atomic mass is 10.0. The van der Waals surface area contributed by atoms with Crippen molar-refractivity contribution in [1.29, 1.82) is 0 Å². The smallest absolute Gasteiger partial charge is 0.317 e. The Morgan fingerprint density at radius 3 is 2.44 bits per heavy atom. The number of benzene rings is 2. The molecule has 1 fully saturated rings. The summed E-state index contributed by atoms with van der Waals surface area (Å²) in [5, 5.41) is 3.30. The van der Waals surface area contributed by atoms with Crippen molar-refractivity contribution < 1.29 is 14.3 Å². The highest BCUT2D eigenvalue weighted by atomic mass is 16.5. The van der Waals surface area contributed by atoms with E-state index in [9.17, 15) is 4.79 Å². The summed E-state index contributed by atoms with van der Waals surface area (Å²) in [6, 6.07) is 16.3. The SMILES string of the molecule is CCOc1ccc(CN(CCCn2ccnc2)C(=O)NC2CCN(c3ccc(OC)cc3)CC2)cc1. The Labute approximate surface area is 213 Å². The number of ether oxygens (including phenoxy) is 2. The summed E-state index contributed by atoms with van der Waals surface area (Å²) >= 11 is 0. The van der Waals surface area contributed by atoms with Crippen LogP contribution in [0.5, 0.6) is 11.5 Å². The topological polar surface area (TPSA) is 71.9 Å². The molecule has 0 aliphatic carbocycles. The Morgan fingerprint density at radius 2 is 1.81 bits per heavy atom. The first-order chi connectivity index (χ1) is 17.6. The Hall–Kier alpha value is -3.68. The monoisotopic (exact) mass is 491 g/mol. The summed E-state index contributed by atoms with van der Waals surface area (Å²) in [5.74, 6) is 1.71. The van der Waals surface area contributed by atoms with E-state index in [2.05, 4.69) is 27.3 Å². The fourth-order valence-electron chi connectivity index (χ4n) is 4.53. The highest BCUT2D eigenvalue weighted by Crippen LogP contribution is 2.23. The predicted molar refractivity (Wildman–Crippen MR) is 142 cm³/mol. The van der Waals surface area contributed by atoms with Crippen molar-refractivity contribution in [2.24, 2.45) is 0 Å². The van der Waals surface area contributed by atoms with Crippen LogP contribution >= 0.6 is 0 Å². The predicted octanol–water partition coefficient (Wildman–Crippen LogP) is 4.56. The number of imidazole rings is 1. The van der Waals surface area contributed by atoms with Gasteiger partial charge in [-0.25, -0.2) is 9.78 Å². The van der Waals surface area contributed by atoms with Gasteiger partial charge in [-0.05, 0) is 68.1 Å². The number of piperidine rings is 1. The van der Waals surface area contributed by atoms with Gasteiger partial charge in [-0.1, -0.05) is 12.1 Å². The first kappa shape index (κ1) is 25.4. The molecule has 4 rings (SSSR count). The zero-order chi connectivity index (χ0) is 25.2. The molecule has 1 saturated heterocycles. The molecule has 0 atom stereocenters. The summed E-state index contributed by atoms with van der Waals surface area (Å²) < 4.78 is 12.9. The normalized spacial score (nSPS) is 13.9. The van der Waals surface area contributed by atoms with Crippen molar-refractivity contribution in [2.45, 2.75) is 45.3 Å². The van der Waals surface area contributed by atoms with Crippen LogP contribution in [0, 0.1) is 0 Å². The molecule has 2 amide bonds. The van der Waals surface area contributed by atoms with Gasteiger partial charge < -0.3 is 29.2 Å². The van der Waals surface area contributed by atoms with Crippen LogP contribution in [0.4, 0.5) is 10.5 Å². The van der Waals surface area contributed by atoms with Crippen LogP contribution in [0.2, 0.25) is 0 Å². The molecule has 8 nitrogen and oxygen atoms in total. The highest BCUT2D eigenvalue weighted by molar-refractivity contribution is 5.74. The summed E-state index contributed by atoms with van der Waals surface area (Å²) in [6.45, 7) is 6.50. The standard InChI is InChI=1S/C28H37N5O3/c1-3-36-27-9-5-23(6-10-27)21-33(17-4-16-31-20-15-29-22-31)28(34)30-24-13-18-32(19-14-24)25-7-11-26(35-2)12-8-25/h5-12,15,20,22,24H,3-4,13-14,16-19,21H2,1-2H3,(H,30,34). The number of carbonyl (C=O) groups excluding carboxylic acids is 1. The lowest BCUT2D eigenvalue weighted by molar-refractivity contribution is 0.187. The number of aryl methyl sites for hydroxylation is 1. The summed E-state index contributed by atoms with van der Waals surface area (Å²) in [7, 11) is 1.68. The average molecular weight is 492 g/mol. The molecule has 192 valence electrons. The maximum absolute atomic E-state index is 13.3. The van der Waals surface area contributed by atoms with Gasteiger partial charge in [0.05, 0.1) is 20.0 Å². The van der Waals surface area contributed by atoms with Gasteiger partial charge in [0.1, 0.15) is 11.5 Å². The molecular weight excluding hydrogens is 454 g/mol. The number of anilines is 1. The molecule has 0 bridgehead atoms. The Morgan fingerprint density at radius 1 is 1.08 bits per heavy atom. The number of nitrogens with one attached hydrogen (secondary N) is 1. The van der Waals surface area contributed by atoms with Gasteiger partial charge in [0.25, 0.3) is 0 Å². The summed E-state index contributed by atoms with van der Waals surface area (Å²) in [5.41, 5.74) is 2.28. The van der Waals surface area contributed by atoms with E-state index >= 15 is 0 Å². The van der Waals surface area contributed by atoms with Crippen molar-refractivity contribution in [3.05, 3.63) is 72.8 Å². The molecule has 0 saturated carbocycles. The van der Waals surface area contributed by atoms with E-state index in [1.807, 2.05) is 65.3 Å². The zero-order valence-electron chi connectivity index (χ0n) is 21.3. The lowest BCUT2D eigenvalue weighted by Crippen LogP contribution is -2.49. The molecule has 0 radical (unpaired) electrons. The third-order valence-corrected chi connectivity index (χ3v) is 6.56. The largest absolute Gasteiger partial charge is 0.497 e. The lowest BCUT2D eigenvalue weighted by Gasteiger charge is -2.35. The Bertz CT molecular complexity index is 1050. The molecule has 1 N–H and O–H groups in total. The fraction of sp³-hybridized carbons (Fsp3) is 0.429. The number of amides is 2. The van der Waals surface area contributed by atoms with Crippen molar-refractivity contribution in [3.8, 4) is 11.5 Å². The third-order valence-electron chi connectivity index (χ3n) is 6.56. The maximum Gasteiger partial charge on any atom is 0.317 e. The van der Waals surface area contributed by atoms with Gasteiger partial charge in [0, 0.05) is 56.8 Å². The molecule has 2 heterocycles. The molecular formula is C28H37N5O3. The Kier molecular flexibility index (Phi) is 9.08. The molecule has 8 heteroatoms. The summed E-state index contributed by atoms with van der Waals surface area (Å²) in [6.07, 6.45) is 8.24. The first-order valence-electron chi connectivity index (χ1n) is 12.8. The van der Waals surface area contributed by atoms with Crippen LogP contribution in [0.15, 0.2) is 67.3 Å². The van der Waals surface area contributed by atoms with Gasteiger partial charge in [-0.2, -0.15) is 0 Å². The van der Waals surface area contributed by atoms with E-state index in [1.54, 1.807) is 13.3 Å². The highest BCUT2D eigenvalue weighted by Gasteiger charge is 2.23. The van der Waals surface area contributed by atoms with E-state index in [0.29, 0.717) is 19.7 Å². The maximum atomic E-state index is 13.3. The number of aromatic nitrogens is 2. The number of hydrogen-bond donors (Lipinski definition) is 1. The molecule has 1 aliphatic rings. The Balaban J connectivity index is 1.32. The summed E-state index contributed by atoms with van der Waals surface area (Å²) in [4.78, 5) is 21.7. The van der Waals surface area contributed by atoms with Gasteiger partial charge >= 0.3 is 6.03 Å². The van der Waals surface area contributed by atoms with Crippen LogP contribution in [-0.2, 0) is 13.1 Å². The number of urea groups is 1. The minimum atomic E-state index is -0.00240. The number of carbonyl (C=O) groups is 1. The van der Waals surface area contributed by atoms with Crippen molar-refractivity contribution >= 4 is 11.7 Å². The fourth-order valence-corrected chi connectivity index (χ4v) is 4.53. The van der Waals surface area contributed by atoms with Crippen LogP contribution in [0.25, 0.3) is 0 Å². The van der Waals surface area contributed by atoms with Gasteiger partial charge in [0.2, 0.25) is 0 Å². The first-order valence-corrected chi connectivity index (χ1v) is 12.8. The molecule has 3 aromatic rings. The molecule has 36 heavy (non-hydrogen) atoms. The van der Waals surface area contributed by atoms with Crippen LogP contribution < -0.4 is 19.7 Å². The van der Waals surface area contributed by atoms with Gasteiger partial charge in [-0.3, -0.25) is 0 Å². The third kappa shape index (κ3) is 7.16. The number of nitrogens with zero attached hydrogens (tertiary/aromatic N) is 4. The molecule has 1 aromatic heterocycles. The van der Waals surface area contributed by atoms with Gasteiger partial charge in [0.15, 0.2) is 0 Å². The molecule has 1 aliphatic heterocycles. The minimum absolute atomic E-state index is 0.00240. The molecule has 2 aromatic carbocycles. The number of rotatable bonds is 11. The average Bonchev–Trinajstić information content (AvgIpc) is 3.43. The number of hydrogen-bond acceptors (Lipinski definition) is 5. The van der Waals surface area contributed by atoms with Crippen LogP contribution in [-0.4, -0.2) is 59.9 Å². The minimum Gasteiger partial charge on any atom is -0.497 e. The van der Waals surface area contributed by atoms with Crippen molar-refractivity contribution in [2.75, 3.05) is 38.3 Å². The van der Waals surface area contributed by atoms with Gasteiger partial charge in [-0.15, -0.1) is 0 Å². The second kappa shape index (κ2) is 12.9. The van der Waals surface area contributed by atoms with Crippen molar-refractivity contribution in [3.63, 3.8) is 0 Å². The van der Waals surface area contributed by atoms with E-state index in [4.69, 9.17) is 9.47 Å². The van der Waals surface area contributed by atoms with Crippen molar-refractivity contribution in [1.82, 2.24) is 19.8 Å². The van der Waals surface area contributed by atoms with E-state index in [1.165, 1.54) is 5.69 Å². The van der Waals surface area contributed by atoms with E-state index in [-0.39, 0.29) is 12.1 Å². The molecule has 0 unspecified atom stereocenters. The molecule has 0 spiro atoms. The quantitative estimate of drug-likeness (QED) is 0.426. The van der Waals surface area contributed by atoms with Crippen LogP contribution in [0.3, 0.4) is 0 Å². The van der Waals surface area contributed by atoms with E-state index < -0.39 is 0 Å². The second-order valence-electron chi connectivity index (χ2n) is 9.06.